The van der Waals surface area contributed by atoms with E-state index in [2.05, 4.69) is 5.32 Å². The van der Waals surface area contributed by atoms with Crippen molar-refractivity contribution in [1.29, 1.82) is 0 Å². The molecule has 3 rings (SSSR count). The van der Waals surface area contributed by atoms with Crippen molar-refractivity contribution in [2.24, 2.45) is 7.05 Å². The zero-order chi connectivity index (χ0) is 21.3. The minimum absolute atomic E-state index is 0.111. The van der Waals surface area contributed by atoms with Gasteiger partial charge in [0.25, 0.3) is 0 Å². The van der Waals surface area contributed by atoms with Crippen LogP contribution < -0.4 is 19.2 Å². The van der Waals surface area contributed by atoms with Crippen LogP contribution in [-0.4, -0.2) is 38.8 Å². The van der Waals surface area contributed by atoms with Crippen molar-refractivity contribution in [2.45, 2.75) is 0 Å². The van der Waals surface area contributed by atoms with Crippen molar-refractivity contribution in [3.63, 3.8) is 0 Å². The van der Waals surface area contributed by atoms with E-state index >= 15 is 0 Å². The normalized spacial score (nSPS) is 11.4. The Labute approximate surface area is 176 Å². The van der Waals surface area contributed by atoms with Crippen molar-refractivity contribution < 1.29 is 17.9 Å². The fourth-order valence-corrected chi connectivity index (χ4v) is 4.72. The third kappa shape index (κ3) is 4.55. The van der Waals surface area contributed by atoms with Crippen LogP contribution in [0.5, 0.6) is 5.75 Å². The predicted octanol–water partition coefficient (Wildman–Crippen LogP) is 2.67. The lowest BCUT2D eigenvalue weighted by molar-refractivity contribution is -0.114. The molecule has 11 heteroatoms. The van der Waals surface area contributed by atoms with Gasteiger partial charge in [0.15, 0.2) is 0 Å². The molecule has 0 bridgehead atoms. The second kappa shape index (κ2) is 8.05. The molecule has 29 heavy (non-hydrogen) atoms. The first kappa shape index (κ1) is 21.2. The maximum Gasteiger partial charge on any atom is 0.307 e. The third-order valence-corrected chi connectivity index (χ3v) is 6.53. The van der Waals surface area contributed by atoms with Gasteiger partial charge < -0.3 is 14.6 Å². The second-order valence-electron chi connectivity index (χ2n) is 6.24. The van der Waals surface area contributed by atoms with Gasteiger partial charge in [-0.25, -0.2) is 8.42 Å². The lowest BCUT2D eigenvalue weighted by Gasteiger charge is -2.24. The molecular weight excluding hydrogens is 438 g/mol. The van der Waals surface area contributed by atoms with Gasteiger partial charge in [-0.05, 0) is 36.4 Å². The number of nitrogens with zero attached hydrogens (tertiary/aromatic N) is 2. The number of methoxy groups -OCH3 is 1. The molecule has 1 N–H and O–H groups in total. The lowest BCUT2D eigenvalue weighted by Crippen LogP contribution is -2.37. The van der Waals surface area contributed by atoms with Gasteiger partial charge in [0, 0.05) is 17.8 Å². The zero-order valence-corrected chi connectivity index (χ0v) is 18.2. The molecule has 0 fully saturated rings. The largest absolute Gasteiger partial charge is 0.495 e. The first-order chi connectivity index (χ1) is 13.6. The molecule has 0 saturated heterocycles. The van der Waals surface area contributed by atoms with Crippen LogP contribution in [0.1, 0.15) is 0 Å². The van der Waals surface area contributed by atoms with E-state index in [0.29, 0.717) is 15.4 Å². The molecule has 1 heterocycles. The second-order valence-corrected chi connectivity index (χ2v) is 9.58. The molecule has 0 radical (unpaired) electrons. The standard InChI is InChI=1S/C18H18ClN3O5S2/c1-21-13-6-5-12(9-16(13)28-18(21)24)20-17(23)10-22(29(3,25)26)14-8-11(19)4-7-15(14)27-2/h4-9H,10H2,1-3H3,(H,20,23). The van der Waals surface area contributed by atoms with Crippen LogP contribution in [0, 0.1) is 0 Å². The van der Waals surface area contributed by atoms with Crippen molar-refractivity contribution in [3.8, 4) is 5.75 Å². The monoisotopic (exact) mass is 455 g/mol. The maximum atomic E-state index is 12.6. The molecular formula is C18H18ClN3O5S2. The number of thiazole rings is 1. The fourth-order valence-electron chi connectivity index (χ4n) is 2.78. The zero-order valence-electron chi connectivity index (χ0n) is 15.8. The fraction of sp³-hybridized carbons (Fsp3) is 0.222. The average Bonchev–Trinajstić information content (AvgIpc) is 2.92. The van der Waals surface area contributed by atoms with E-state index in [0.717, 1.165) is 27.4 Å². The van der Waals surface area contributed by atoms with Gasteiger partial charge in [-0.2, -0.15) is 0 Å². The van der Waals surface area contributed by atoms with E-state index in [-0.39, 0.29) is 16.3 Å². The van der Waals surface area contributed by atoms with Crippen molar-refractivity contribution in [2.75, 3.05) is 29.5 Å². The molecule has 0 aliphatic carbocycles. The average molecular weight is 456 g/mol. The van der Waals surface area contributed by atoms with Crippen molar-refractivity contribution >= 4 is 60.5 Å². The first-order valence-electron chi connectivity index (χ1n) is 8.31. The van der Waals surface area contributed by atoms with Gasteiger partial charge in [-0.1, -0.05) is 22.9 Å². The summed E-state index contributed by atoms with van der Waals surface area (Å²) < 4.78 is 33.0. The summed E-state index contributed by atoms with van der Waals surface area (Å²) in [4.78, 5) is 24.2. The number of amides is 1. The highest BCUT2D eigenvalue weighted by Crippen LogP contribution is 2.32. The number of hydrogen-bond donors (Lipinski definition) is 1. The number of anilines is 2. The molecule has 154 valence electrons. The molecule has 1 aromatic heterocycles. The van der Waals surface area contributed by atoms with Gasteiger partial charge in [-0.3, -0.25) is 13.9 Å². The Hall–Kier alpha value is -2.56. The maximum absolute atomic E-state index is 12.6. The number of aryl methyl sites for hydroxylation is 1. The number of carbonyl (C=O) groups is 1. The van der Waals surface area contributed by atoms with E-state index < -0.39 is 22.5 Å². The summed E-state index contributed by atoms with van der Waals surface area (Å²) in [5, 5.41) is 2.97. The highest BCUT2D eigenvalue weighted by Gasteiger charge is 2.24. The number of carbonyl (C=O) groups excluding carboxylic acids is 1. The van der Waals surface area contributed by atoms with E-state index in [1.807, 2.05) is 0 Å². The Balaban J connectivity index is 1.88. The summed E-state index contributed by atoms with van der Waals surface area (Å²) in [6.45, 7) is -0.474. The van der Waals surface area contributed by atoms with Crippen LogP contribution in [0.3, 0.4) is 0 Å². The third-order valence-electron chi connectivity index (χ3n) is 4.17. The minimum atomic E-state index is -3.80. The van der Waals surface area contributed by atoms with Crippen LogP contribution in [-0.2, 0) is 21.9 Å². The van der Waals surface area contributed by atoms with E-state index in [9.17, 15) is 18.0 Å². The molecule has 0 saturated carbocycles. The highest BCUT2D eigenvalue weighted by molar-refractivity contribution is 7.92. The SMILES string of the molecule is COc1ccc(Cl)cc1N(CC(=O)Nc1ccc2c(c1)sc(=O)n2C)S(C)(=O)=O. The molecule has 3 aromatic rings. The topological polar surface area (TPSA) is 97.7 Å². The predicted molar refractivity (Wildman–Crippen MR) is 116 cm³/mol. The number of hydrogen-bond acceptors (Lipinski definition) is 6. The number of halogens is 1. The summed E-state index contributed by atoms with van der Waals surface area (Å²) in [7, 11) is -0.735. The van der Waals surface area contributed by atoms with Crippen LogP contribution in [0.25, 0.3) is 10.2 Å². The Kier molecular flexibility index (Phi) is 5.87. The lowest BCUT2D eigenvalue weighted by atomic mass is 10.2. The van der Waals surface area contributed by atoms with Crippen LogP contribution in [0.15, 0.2) is 41.2 Å². The van der Waals surface area contributed by atoms with Gasteiger partial charge >= 0.3 is 4.87 Å². The van der Waals surface area contributed by atoms with Crippen LogP contribution in [0.2, 0.25) is 5.02 Å². The van der Waals surface area contributed by atoms with Crippen LogP contribution in [0.4, 0.5) is 11.4 Å². The highest BCUT2D eigenvalue weighted by atomic mass is 35.5. The smallest absolute Gasteiger partial charge is 0.307 e. The molecule has 0 aliphatic heterocycles. The quantitative estimate of drug-likeness (QED) is 0.616. The summed E-state index contributed by atoms with van der Waals surface area (Å²) in [5.74, 6) is -0.289. The van der Waals surface area contributed by atoms with Gasteiger partial charge in [0.1, 0.15) is 12.3 Å². The molecule has 2 aromatic carbocycles. The number of aromatic nitrogens is 1. The Morgan fingerprint density at radius 3 is 2.66 bits per heavy atom. The Morgan fingerprint density at radius 1 is 1.28 bits per heavy atom. The number of sulfonamides is 1. The molecule has 0 aliphatic rings. The van der Waals surface area contributed by atoms with Gasteiger partial charge in [-0.15, -0.1) is 0 Å². The van der Waals surface area contributed by atoms with Gasteiger partial charge in [0.05, 0.1) is 29.3 Å². The number of nitrogens with one attached hydrogen (secondary N) is 1. The Morgan fingerprint density at radius 2 is 2.00 bits per heavy atom. The molecule has 8 nitrogen and oxygen atoms in total. The Bertz CT molecular complexity index is 1250. The van der Waals surface area contributed by atoms with Crippen molar-refractivity contribution in [1.82, 2.24) is 4.57 Å². The van der Waals surface area contributed by atoms with Crippen molar-refractivity contribution in [3.05, 3.63) is 51.1 Å². The van der Waals surface area contributed by atoms with Gasteiger partial charge in [0.2, 0.25) is 15.9 Å². The number of benzene rings is 2. The number of fused-ring (bicyclic) bond motifs is 1. The summed E-state index contributed by atoms with van der Waals surface area (Å²) in [5.41, 5.74) is 1.37. The van der Waals surface area contributed by atoms with E-state index in [1.165, 1.54) is 23.8 Å². The molecule has 0 spiro atoms. The van der Waals surface area contributed by atoms with E-state index in [1.54, 1.807) is 31.3 Å². The number of rotatable bonds is 6. The van der Waals surface area contributed by atoms with E-state index in [4.69, 9.17) is 16.3 Å². The van der Waals surface area contributed by atoms with Crippen LogP contribution >= 0.6 is 22.9 Å². The molecule has 0 unspecified atom stereocenters. The summed E-state index contributed by atoms with van der Waals surface area (Å²) >= 11 is 7.06. The summed E-state index contributed by atoms with van der Waals surface area (Å²) in [6, 6.07) is 9.55. The minimum Gasteiger partial charge on any atom is -0.495 e. The first-order valence-corrected chi connectivity index (χ1v) is 11.3. The summed E-state index contributed by atoms with van der Waals surface area (Å²) in [6.07, 6.45) is 0.994. The molecule has 1 amide bonds. The molecule has 0 atom stereocenters. The number of ether oxygens (including phenoxy) is 1.